The van der Waals surface area contributed by atoms with Gasteiger partial charge in [-0.15, -0.1) is 0 Å². The Morgan fingerprint density at radius 1 is 1.10 bits per heavy atom. The molecule has 3 aromatic rings. The molecule has 1 aliphatic rings. The van der Waals surface area contributed by atoms with E-state index < -0.39 is 34.8 Å². The summed E-state index contributed by atoms with van der Waals surface area (Å²) in [5.74, 6) is -0.533. The van der Waals surface area contributed by atoms with Gasteiger partial charge in [-0.25, -0.2) is 0 Å². The van der Waals surface area contributed by atoms with Crippen molar-refractivity contribution in [1.29, 1.82) is 5.26 Å². The van der Waals surface area contributed by atoms with E-state index in [1.807, 2.05) is 43.3 Å². The highest BCUT2D eigenvalue weighted by atomic mass is 32.2. The molecule has 6 nitrogen and oxygen atoms in total. The fourth-order valence-corrected chi connectivity index (χ4v) is 5.57. The van der Waals surface area contributed by atoms with E-state index in [9.17, 15) is 28.0 Å². The molecule has 0 aliphatic carbocycles. The molecule has 206 valence electrons. The highest BCUT2D eigenvalue weighted by Crippen LogP contribution is 2.42. The van der Waals surface area contributed by atoms with Gasteiger partial charge >= 0.3 is 6.18 Å². The van der Waals surface area contributed by atoms with Crippen LogP contribution < -0.4 is 15.0 Å². The van der Waals surface area contributed by atoms with Crippen molar-refractivity contribution in [3.05, 3.63) is 106 Å². The van der Waals surface area contributed by atoms with Crippen molar-refractivity contribution in [1.82, 2.24) is 5.32 Å². The maximum absolute atomic E-state index is 13.7. The summed E-state index contributed by atoms with van der Waals surface area (Å²) in [6, 6.07) is 22.1. The normalized spacial score (nSPS) is 17.2. The Morgan fingerprint density at radius 2 is 1.80 bits per heavy atom. The average molecular weight is 566 g/mol. The molecule has 40 heavy (non-hydrogen) atoms. The van der Waals surface area contributed by atoms with Crippen molar-refractivity contribution in [3.8, 4) is 11.8 Å². The van der Waals surface area contributed by atoms with Gasteiger partial charge in [0.1, 0.15) is 22.4 Å². The van der Waals surface area contributed by atoms with Gasteiger partial charge in [0.2, 0.25) is 5.91 Å². The molecule has 1 fully saturated rings. The summed E-state index contributed by atoms with van der Waals surface area (Å²) in [6.45, 7) is 4.06. The van der Waals surface area contributed by atoms with E-state index in [1.165, 1.54) is 17.0 Å². The maximum Gasteiger partial charge on any atom is 0.416 e. The molecule has 2 atom stereocenters. The Morgan fingerprint density at radius 3 is 2.42 bits per heavy atom. The molecule has 0 aromatic heterocycles. The Labute approximate surface area is 234 Å². The van der Waals surface area contributed by atoms with Gasteiger partial charge < -0.3 is 10.1 Å². The first-order chi connectivity index (χ1) is 19.1. The summed E-state index contributed by atoms with van der Waals surface area (Å²) in [5.41, 5.74) is 0.473. The fourth-order valence-electron chi connectivity index (χ4n) is 4.26. The quantitative estimate of drug-likeness (QED) is 0.252. The van der Waals surface area contributed by atoms with Crippen LogP contribution in [0.1, 0.15) is 36.6 Å². The first-order valence-electron chi connectivity index (χ1n) is 12.5. The van der Waals surface area contributed by atoms with E-state index in [0.717, 1.165) is 29.5 Å². The van der Waals surface area contributed by atoms with Gasteiger partial charge in [0.05, 0.1) is 23.5 Å². The molecule has 1 heterocycles. The number of ether oxygens (including phenoxy) is 1. The average Bonchev–Trinajstić information content (AvgIpc) is 3.25. The summed E-state index contributed by atoms with van der Waals surface area (Å²) in [6.07, 6.45) is -4.55. The van der Waals surface area contributed by atoms with Gasteiger partial charge in [0.15, 0.2) is 0 Å². The van der Waals surface area contributed by atoms with E-state index in [4.69, 9.17) is 4.74 Å². The summed E-state index contributed by atoms with van der Waals surface area (Å²) in [7, 11) is 0. The zero-order valence-electron chi connectivity index (χ0n) is 21.7. The molecular formula is C30H26F3N3O3S. The van der Waals surface area contributed by atoms with Crippen LogP contribution in [-0.2, 0) is 22.2 Å². The van der Waals surface area contributed by atoms with Crippen LogP contribution in [0.25, 0.3) is 0 Å². The lowest BCUT2D eigenvalue weighted by Gasteiger charge is -2.20. The number of nitriles is 1. The van der Waals surface area contributed by atoms with Gasteiger partial charge in [0.25, 0.3) is 5.91 Å². The highest BCUT2D eigenvalue weighted by molar-refractivity contribution is 8.05. The third-order valence-electron chi connectivity index (χ3n) is 6.23. The van der Waals surface area contributed by atoms with Gasteiger partial charge in [-0.1, -0.05) is 60.3 Å². The number of halogens is 3. The lowest BCUT2D eigenvalue weighted by Crippen LogP contribution is -2.32. The van der Waals surface area contributed by atoms with E-state index in [-0.39, 0.29) is 17.0 Å². The zero-order chi connectivity index (χ0) is 28.9. The number of alkyl halides is 3. The molecule has 0 saturated carbocycles. The van der Waals surface area contributed by atoms with Gasteiger partial charge in [-0.3, -0.25) is 14.5 Å². The van der Waals surface area contributed by atoms with Crippen LogP contribution in [0, 0.1) is 11.3 Å². The number of carbonyl (C=O) groups excluding carboxylic acids is 2. The number of nitrogens with zero attached hydrogens (tertiary/aromatic N) is 2. The fraction of sp³-hybridized carbons (Fsp3) is 0.233. The minimum absolute atomic E-state index is 0.0226. The van der Waals surface area contributed by atoms with Crippen molar-refractivity contribution in [2.45, 2.75) is 37.7 Å². The van der Waals surface area contributed by atoms with Crippen LogP contribution in [0.5, 0.6) is 5.75 Å². The number of amides is 2. The summed E-state index contributed by atoms with van der Waals surface area (Å²) in [5, 5.41) is 12.1. The molecule has 2 amide bonds. The molecule has 3 aromatic carbocycles. The SMILES string of the molecule is CCOc1ccc(N2C(=O)C(Cc3cccc(C(F)(F)F)c3)S/C2=C(/C#N)C(=O)NC(C)c2ccccc2)cc1. The number of nitrogens with one attached hydrogen (secondary N) is 1. The standard InChI is InChI=1S/C30H26F3N3O3S/c1-3-39-24-14-12-23(13-15-24)36-28(38)26(17-20-8-7-11-22(16-20)30(31,32)33)40-29(36)25(18-34)27(37)35-19(2)21-9-5-4-6-10-21/h4-16,19,26H,3,17H2,1-2H3,(H,35,37)/b29-25-. The topological polar surface area (TPSA) is 82.4 Å². The molecule has 1 saturated heterocycles. The second-order valence-electron chi connectivity index (χ2n) is 9.01. The monoisotopic (exact) mass is 565 g/mol. The van der Waals surface area contributed by atoms with Crippen molar-refractivity contribution in [2.24, 2.45) is 0 Å². The minimum atomic E-state index is -4.52. The van der Waals surface area contributed by atoms with E-state index in [0.29, 0.717) is 23.6 Å². The predicted octanol–water partition coefficient (Wildman–Crippen LogP) is 6.41. The minimum Gasteiger partial charge on any atom is -0.494 e. The molecule has 0 radical (unpaired) electrons. The second kappa shape index (κ2) is 12.3. The first kappa shape index (κ1) is 28.8. The van der Waals surface area contributed by atoms with Gasteiger partial charge in [0, 0.05) is 5.69 Å². The second-order valence-corrected chi connectivity index (χ2v) is 10.2. The number of hydrogen-bond donors (Lipinski definition) is 1. The van der Waals surface area contributed by atoms with E-state index in [1.54, 1.807) is 31.2 Å². The van der Waals surface area contributed by atoms with Crippen LogP contribution in [0.2, 0.25) is 0 Å². The number of thioether (sulfide) groups is 1. The summed E-state index contributed by atoms with van der Waals surface area (Å²) < 4.78 is 45.3. The predicted molar refractivity (Wildman–Crippen MR) is 147 cm³/mol. The largest absolute Gasteiger partial charge is 0.494 e. The third kappa shape index (κ3) is 6.49. The Bertz CT molecular complexity index is 1450. The number of rotatable bonds is 8. The molecule has 2 unspecified atom stereocenters. The van der Waals surface area contributed by atoms with Crippen LogP contribution >= 0.6 is 11.8 Å². The molecule has 1 N–H and O–H groups in total. The number of carbonyl (C=O) groups is 2. The highest BCUT2D eigenvalue weighted by Gasteiger charge is 2.41. The van der Waals surface area contributed by atoms with Crippen LogP contribution in [0.15, 0.2) is 89.5 Å². The summed E-state index contributed by atoms with van der Waals surface area (Å²) >= 11 is 0.988. The van der Waals surface area contributed by atoms with Crippen molar-refractivity contribution >= 4 is 29.3 Å². The molecule has 10 heteroatoms. The smallest absolute Gasteiger partial charge is 0.416 e. The maximum atomic E-state index is 13.7. The Kier molecular flexibility index (Phi) is 8.85. The van der Waals surface area contributed by atoms with Crippen LogP contribution in [-0.4, -0.2) is 23.7 Å². The van der Waals surface area contributed by atoms with Crippen molar-refractivity contribution in [2.75, 3.05) is 11.5 Å². The van der Waals surface area contributed by atoms with Crippen LogP contribution in [0.3, 0.4) is 0 Å². The van der Waals surface area contributed by atoms with E-state index >= 15 is 0 Å². The first-order valence-corrected chi connectivity index (χ1v) is 13.4. The molecule has 4 rings (SSSR count). The lowest BCUT2D eigenvalue weighted by atomic mass is 10.1. The van der Waals surface area contributed by atoms with Gasteiger partial charge in [-0.05, 0) is 61.7 Å². The third-order valence-corrected chi connectivity index (χ3v) is 7.50. The van der Waals surface area contributed by atoms with Crippen LogP contribution in [0.4, 0.5) is 18.9 Å². The van der Waals surface area contributed by atoms with Crippen molar-refractivity contribution < 1.29 is 27.5 Å². The molecule has 1 aliphatic heterocycles. The van der Waals surface area contributed by atoms with Crippen molar-refractivity contribution in [3.63, 3.8) is 0 Å². The molecule has 0 bridgehead atoms. The number of hydrogen-bond acceptors (Lipinski definition) is 5. The number of anilines is 1. The van der Waals surface area contributed by atoms with E-state index in [2.05, 4.69) is 5.32 Å². The zero-order valence-corrected chi connectivity index (χ0v) is 22.6. The van der Waals surface area contributed by atoms with Gasteiger partial charge in [-0.2, -0.15) is 18.4 Å². The Balaban J connectivity index is 1.70. The number of benzene rings is 3. The Hall–Kier alpha value is -4.23. The molecular weight excluding hydrogens is 539 g/mol. The lowest BCUT2D eigenvalue weighted by molar-refractivity contribution is -0.137. The summed E-state index contributed by atoms with van der Waals surface area (Å²) in [4.78, 5) is 28.3. The molecule has 0 spiro atoms.